The van der Waals surface area contributed by atoms with Crippen molar-refractivity contribution in [3.05, 3.63) is 40.3 Å². The van der Waals surface area contributed by atoms with E-state index in [1.165, 1.54) is 28.9 Å². The number of sulfonamides is 1. The molecule has 0 aliphatic heterocycles. The number of ether oxygens (including phenoxy) is 1. The third-order valence-corrected chi connectivity index (χ3v) is 8.47. The van der Waals surface area contributed by atoms with Crippen LogP contribution in [0.5, 0.6) is 0 Å². The third kappa shape index (κ3) is 6.34. The van der Waals surface area contributed by atoms with Crippen LogP contribution in [0.3, 0.4) is 0 Å². The van der Waals surface area contributed by atoms with E-state index in [0.717, 1.165) is 36.2 Å². The number of rotatable bonds is 6. The zero-order valence-electron chi connectivity index (χ0n) is 19.7. The SMILES string of the molecule is COC(=O)c1sc(C#CC(C)(C)C)cc1N[C@H]1CC[C@H](N(C)S(=O)(=O)c2cccnc2)CC1. The summed E-state index contributed by atoms with van der Waals surface area (Å²) < 4.78 is 32.2. The van der Waals surface area contributed by atoms with E-state index in [-0.39, 0.29) is 28.4 Å². The predicted octanol–water partition coefficient (Wildman–Crippen LogP) is 4.37. The number of esters is 1. The van der Waals surface area contributed by atoms with Gasteiger partial charge in [-0.15, -0.1) is 11.3 Å². The van der Waals surface area contributed by atoms with Crippen LogP contribution >= 0.6 is 11.3 Å². The van der Waals surface area contributed by atoms with Crippen LogP contribution in [0.1, 0.15) is 61.0 Å². The lowest BCUT2D eigenvalue weighted by Gasteiger charge is -2.34. The summed E-state index contributed by atoms with van der Waals surface area (Å²) in [5.74, 6) is 5.97. The first kappa shape index (κ1) is 25.2. The Bertz CT molecular complexity index is 1130. The van der Waals surface area contributed by atoms with Crippen molar-refractivity contribution in [2.75, 3.05) is 19.5 Å². The van der Waals surface area contributed by atoms with Gasteiger partial charge in [0.1, 0.15) is 9.77 Å². The molecule has 1 aliphatic rings. The maximum absolute atomic E-state index is 12.9. The smallest absolute Gasteiger partial charge is 0.350 e. The van der Waals surface area contributed by atoms with Gasteiger partial charge in [0.25, 0.3) is 0 Å². The topological polar surface area (TPSA) is 88.6 Å². The number of methoxy groups -OCH3 is 1. The van der Waals surface area contributed by atoms with E-state index in [1.807, 2.05) is 26.8 Å². The molecule has 0 bridgehead atoms. The van der Waals surface area contributed by atoms with Crippen molar-refractivity contribution in [3.8, 4) is 11.8 Å². The van der Waals surface area contributed by atoms with E-state index in [2.05, 4.69) is 22.1 Å². The fraction of sp³-hybridized carbons (Fsp3) is 0.500. The lowest BCUT2D eigenvalue weighted by atomic mass is 9.91. The highest BCUT2D eigenvalue weighted by Crippen LogP contribution is 2.32. The average Bonchev–Trinajstić information content (AvgIpc) is 3.20. The van der Waals surface area contributed by atoms with Crippen molar-refractivity contribution in [3.63, 3.8) is 0 Å². The molecule has 0 spiro atoms. The van der Waals surface area contributed by atoms with Gasteiger partial charge in [-0.05, 0) is 64.7 Å². The molecule has 1 aliphatic carbocycles. The van der Waals surface area contributed by atoms with Gasteiger partial charge in [-0.2, -0.15) is 4.31 Å². The van der Waals surface area contributed by atoms with Gasteiger partial charge in [-0.1, -0.05) is 11.8 Å². The number of hydrogen-bond acceptors (Lipinski definition) is 7. The van der Waals surface area contributed by atoms with Crippen molar-refractivity contribution in [2.24, 2.45) is 5.41 Å². The Labute approximate surface area is 200 Å². The summed E-state index contributed by atoms with van der Waals surface area (Å²) in [6, 6.07) is 5.15. The number of nitrogens with zero attached hydrogens (tertiary/aromatic N) is 2. The van der Waals surface area contributed by atoms with E-state index in [4.69, 9.17) is 4.74 Å². The molecule has 2 heterocycles. The fourth-order valence-corrected chi connectivity index (χ4v) is 5.99. The van der Waals surface area contributed by atoms with Crippen molar-refractivity contribution >= 4 is 33.0 Å². The second kappa shape index (κ2) is 10.2. The van der Waals surface area contributed by atoms with Gasteiger partial charge in [0, 0.05) is 36.9 Å². The van der Waals surface area contributed by atoms with Crippen LogP contribution in [0, 0.1) is 17.3 Å². The van der Waals surface area contributed by atoms with E-state index < -0.39 is 10.0 Å². The minimum Gasteiger partial charge on any atom is -0.465 e. The summed E-state index contributed by atoms with van der Waals surface area (Å²) in [7, 11) is -0.571. The lowest BCUT2D eigenvalue weighted by Crippen LogP contribution is -2.41. The first-order valence-electron chi connectivity index (χ1n) is 10.9. The third-order valence-electron chi connectivity index (χ3n) is 5.55. The molecular formula is C24H31N3O4S2. The molecule has 1 saturated carbocycles. The largest absolute Gasteiger partial charge is 0.465 e. The number of pyridine rings is 1. The van der Waals surface area contributed by atoms with E-state index >= 15 is 0 Å². The van der Waals surface area contributed by atoms with Crippen molar-refractivity contribution in [1.82, 2.24) is 9.29 Å². The van der Waals surface area contributed by atoms with Gasteiger partial charge in [-0.25, -0.2) is 13.2 Å². The number of aromatic nitrogens is 1. The summed E-state index contributed by atoms with van der Waals surface area (Å²) in [5.41, 5.74) is 0.591. The normalized spacial score (nSPS) is 19.0. The number of carbonyl (C=O) groups excluding carboxylic acids is 1. The minimum absolute atomic E-state index is 0.0796. The summed E-state index contributed by atoms with van der Waals surface area (Å²) in [4.78, 5) is 17.8. The Morgan fingerprint density at radius 1 is 1.27 bits per heavy atom. The zero-order chi connectivity index (χ0) is 24.2. The zero-order valence-corrected chi connectivity index (χ0v) is 21.3. The van der Waals surface area contributed by atoms with Crippen LogP contribution in [0.15, 0.2) is 35.5 Å². The monoisotopic (exact) mass is 489 g/mol. The van der Waals surface area contributed by atoms with Crippen LogP contribution in [0.4, 0.5) is 5.69 Å². The molecule has 2 aromatic rings. The van der Waals surface area contributed by atoms with Crippen LogP contribution < -0.4 is 5.32 Å². The molecule has 0 aromatic carbocycles. The molecule has 1 N–H and O–H groups in total. The molecule has 0 unspecified atom stereocenters. The van der Waals surface area contributed by atoms with Gasteiger partial charge in [0.2, 0.25) is 10.0 Å². The van der Waals surface area contributed by atoms with Gasteiger partial charge in [-0.3, -0.25) is 4.98 Å². The molecular weight excluding hydrogens is 458 g/mol. The molecule has 1 fully saturated rings. The standard InChI is InChI=1S/C24H31N3O4S2/c1-24(2,3)13-12-19-15-21(22(32-19)23(28)31-5)26-17-8-10-18(11-9-17)27(4)33(29,30)20-7-6-14-25-16-20/h6-7,14-18,26H,8-11H2,1-5H3/t17-,18-. The number of hydrogen-bond donors (Lipinski definition) is 1. The van der Waals surface area contributed by atoms with Crippen molar-refractivity contribution < 1.29 is 17.9 Å². The molecule has 0 radical (unpaired) electrons. The predicted molar refractivity (Wildman–Crippen MR) is 131 cm³/mol. The molecule has 9 heteroatoms. The van der Waals surface area contributed by atoms with Crippen molar-refractivity contribution in [2.45, 2.75) is 63.4 Å². The summed E-state index contributed by atoms with van der Waals surface area (Å²) >= 11 is 1.32. The number of thiophene rings is 1. The molecule has 7 nitrogen and oxygen atoms in total. The Hall–Kier alpha value is -2.41. The second-order valence-corrected chi connectivity index (χ2v) is 12.3. The molecule has 0 atom stereocenters. The Kier molecular flexibility index (Phi) is 7.83. The fourth-order valence-electron chi connectivity index (χ4n) is 3.72. The number of anilines is 1. The van der Waals surface area contributed by atoms with Gasteiger partial charge in [0.15, 0.2) is 0 Å². The highest BCUT2D eigenvalue weighted by molar-refractivity contribution is 7.89. The maximum atomic E-state index is 12.9. The lowest BCUT2D eigenvalue weighted by molar-refractivity contribution is 0.0607. The Morgan fingerprint density at radius 2 is 1.97 bits per heavy atom. The van der Waals surface area contributed by atoms with E-state index in [1.54, 1.807) is 25.4 Å². The van der Waals surface area contributed by atoms with Gasteiger partial charge < -0.3 is 10.1 Å². The quantitative estimate of drug-likeness (QED) is 0.479. The van der Waals surface area contributed by atoms with E-state index in [9.17, 15) is 13.2 Å². The first-order chi connectivity index (χ1) is 15.5. The summed E-state index contributed by atoms with van der Waals surface area (Å²) in [5, 5.41) is 3.48. The molecule has 178 valence electrons. The highest BCUT2D eigenvalue weighted by atomic mass is 32.2. The Balaban J connectivity index is 1.68. The Morgan fingerprint density at radius 3 is 2.55 bits per heavy atom. The average molecular weight is 490 g/mol. The van der Waals surface area contributed by atoms with Gasteiger partial charge in [0.05, 0.1) is 17.7 Å². The number of nitrogens with one attached hydrogen (secondary N) is 1. The maximum Gasteiger partial charge on any atom is 0.350 e. The summed E-state index contributed by atoms with van der Waals surface area (Å²) in [6.45, 7) is 6.12. The van der Waals surface area contributed by atoms with E-state index in [0.29, 0.717) is 4.88 Å². The van der Waals surface area contributed by atoms with Crippen LogP contribution in [0.2, 0.25) is 0 Å². The second-order valence-electron chi connectivity index (χ2n) is 9.20. The minimum atomic E-state index is -3.58. The molecule has 0 amide bonds. The molecule has 3 rings (SSSR count). The molecule has 0 saturated heterocycles. The van der Waals surface area contributed by atoms with Crippen LogP contribution in [-0.2, 0) is 14.8 Å². The summed E-state index contributed by atoms with van der Waals surface area (Å²) in [6.07, 6.45) is 5.96. The first-order valence-corrected chi connectivity index (χ1v) is 13.2. The van der Waals surface area contributed by atoms with Crippen LogP contribution in [-0.4, -0.2) is 49.9 Å². The van der Waals surface area contributed by atoms with Crippen molar-refractivity contribution in [1.29, 1.82) is 0 Å². The number of carbonyl (C=O) groups is 1. The van der Waals surface area contributed by atoms with Gasteiger partial charge >= 0.3 is 5.97 Å². The molecule has 33 heavy (non-hydrogen) atoms. The highest BCUT2D eigenvalue weighted by Gasteiger charge is 2.32. The molecule has 2 aromatic heterocycles. The van der Waals surface area contributed by atoms with Crippen LogP contribution in [0.25, 0.3) is 0 Å².